The molecular weight excluding hydrogens is 310 g/mol. The number of phenols is 1. The summed E-state index contributed by atoms with van der Waals surface area (Å²) in [6.07, 6.45) is 0. The molecule has 3 aromatic carbocycles. The second-order valence-corrected chi connectivity index (χ2v) is 5.12. The van der Waals surface area contributed by atoms with Gasteiger partial charge in [0.2, 0.25) is 0 Å². The van der Waals surface area contributed by atoms with Crippen LogP contribution in [0, 0.1) is 10.1 Å². The lowest BCUT2D eigenvalue weighted by Gasteiger charge is -2.05. The number of hydrogen-bond donors (Lipinski definition) is 3. The van der Waals surface area contributed by atoms with Crippen LogP contribution in [0.1, 0.15) is 0 Å². The number of phenolic OH excluding ortho intramolecular Hbond substituents is 1. The molecule has 3 aromatic rings. The molecule has 0 bridgehead atoms. The van der Waals surface area contributed by atoms with E-state index in [0.29, 0.717) is 11.1 Å². The zero-order chi connectivity index (χ0) is 17.3. The molecule has 0 atom stereocenters. The number of nitro groups is 1. The molecular formula is C16H13N5O3. The summed E-state index contributed by atoms with van der Waals surface area (Å²) in [5.41, 5.74) is 12.0. The Labute approximate surface area is 136 Å². The van der Waals surface area contributed by atoms with Gasteiger partial charge in [0.15, 0.2) is 5.69 Å². The minimum Gasteiger partial charge on any atom is -0.506 e. The van der Waals surface area contributed by atoms with Crippen LogP contribution in [-0.4, -0.2) is 10.0 Å². The van der Waals surface area contributed by atoms with Crippen molar-refractivity contribution in [2.75, 3.05) is 11.5 Å². The van der Waals surface area contributed by atoms with Crippen LogP contribution in [0.25, 0.3) is 10.8 Å². The first-order chi connectivity index (χ1) is 11.5. The molecule has 8 nitrogen and oxygen atoms in total. The minimum absolute atomic E-state index is 0.0366. The third-order valence-electron chi connectivity index (χ3n) is 3.45. The average Bonchev–Trinajstić information content (AvgIpc) is 2.54. The number of azo groups is 1. The van der Waals surface area contributed by atoms with Gasteiger partial charge in [0.1, 0.15) is 11.4 Å². The SMILES string of the molecule is Nc1ccc(N=Nc2c(O)ccc3ccc(N)cc23)c([N+](=O)[O-])c1. The molecule has 0 amide bonds. The molecule has 0 radical (unpaired) electrons. The Balaban J connectivity index is 2.14. The maximum atomic E-state index is 11.1. The molecule has 3 rings (SSSR count). The lowest BCUT2D eigenvalue weighted by Crippen LogP contribution is -1.91. The maximum absolute atomic E-state index is 11.1. The van der Waals surface area contributed by atoms with Crippen LogP contribution in [0.4, 0.5) is 28.4 Å². The highest BCUT2D eigenvalue weighted by atomic mass is 16.6. The van der Waals surface area contributed by atoms with Crippen molar-refractivity contribution in [1.29, 1.82) is 0 Å². The van der Waals surface area contributed by atoms with Gasteiger partial charge in [-0.3, -0.25) is 10.1 Å². The fourth-order valence-corrected chi connectivity index (χ4v) is 2.29. The third-order valence-corrected chi connectivity index (χ3v) is 3.45. The van der Waals surface area contributed by atoms with E-state index in [0.717, 1.165) is 5.39 Å². The molecule has 5 N–H and O–H groups in total. The largest absolute Gasteiger partial charge is 0.506 e. The molecule has 0 unspecified atom stereocenters. The van der Waals surface area contributed by atoms with Gasteiger partial charge >= 0.3 is 0 Å². The van der Waals surface area contributed by atoms with E-state index in [1.54, 1.807) is 24.3 Å². The van der Waals surface area contributed by atoms with Gasteiger partial charge in [0.05, 0.1) is 4.92 Å². The summed E-state index contributed by atoms with van der Waals surface area (Å²) >= 11 is 0. The third kappa shape index (κ3) is 2.80. The number of nitrogen functional groups attached to an aromatic ring is 2. The van der Waals surface area contributed by atoms with E-state index in [1.165, 1.54) is 24.3 Å². The van der Waals surface area contributed by atoms with Crippen molar-refractivity contribution in [1.82, 2.24) is 0 Å². The quantitative estimate of drug-likeness (QED) is 0.289. The second-order valence-electron chi connectivity index (χ2n) is 5.12. The summed E-state index contributed by atoms with van der Waals surface area (Å²) in [5, 5.41) is 30.4. The highest BCUT2D eigenvalue weighted by molar-refractivity contribution is 5.97. The molecule has 0 fully saturated rings. The standard InChI is InChI=1S/C16H13N5O3/c17-10-3-1-9-2-6-15(22)16(12(9)7-10)20-19-13-5-4-11(18)8-14(13)21(23)24/h1-8,22H,17-18H2. The number of rotatable bonds is 3. The van der Waals surface area contributed by atoms with Gasteiger partial charge in [-0.2, -0.15) is 0 Å². The Morgan fingerprint density at radius 1 is 0.958 bits per heavy atom. The summed E-state index contributed by atoms with van der Waals surface area (Å²) in [5.74, 6) is -0.102. The fraction of sp³-hybridized carbons (Fsp3) is 0. The van der Waals surface area contributed by atoms with Crippen molar-refractivity contribution in [3.8, 4) is 5.75 Å². The number of fused-ring (bicyclic) bond motifs is 1. The van der Waals surface area contributed by atoms with Crippen molar-refractivity contribution in [2.24, 2.45) is 10.2 Å². The topological polar surface area (TPSA) is 140 Å². The molecule has 0 spiro atoms. The molecule has 0 aliphatic carbocycles. The predicted octanol–water partition coefficient (Wildman–Crippen LogP) is 4.03. The molecule has 24 heavy (non-hydrogen) atoms. The second kappa shape index (κ2) is 5.84. The number of nitro benzene ring substituents is 1. The van der Waals surface area contributed by atoms with E-state index in [4.69, 9.17) is 11.5 Å². The number of hydrogen-bond acceptors (Lipinski definition) is 7. The number of aromatic hydroxyl groups is 1. The molecule has 120 valence electrons. The summed E-state index contributed by atoms with van der Waals surface area (Å²) in [4.78, 5) is 10.5. The summed E-state index contributed by atoms with van der Waals surface area (Å²) in [7, 11) is 0. The van der Waals surface area contributed by atoms with E-state index in [1.807, 2.05) is 0 Å². The Morgan fingerprint density at radius 2 is 1.62 bits per heavy atom. The smallest absolute Gasteiger partial charge is 0.298 e. The lowest BCUT2D eigenvalue weighted by atomic mass is 10.1. The van der Waals surface area contributed by atoms with Crippen LogP contribution in [0.2, 0.25) is 0 Å². The van der Waals surface area contributed by atoms with Crippen LogP contribution < -0.4 is 11.5 Å². The van der Waals surface area contributed by atoms with Crippen molar-refractivity contribution in [2.45, 2.75) is 0 Å². The van der Waals surface area contributed by atoms with E-state index < -0.39 is 4.92 Å². The highest BCUT2D eigenvalue weighted by Crippen LogP contribution is 2.38. The summed E-state index contributed by atoms with van der Waals surface area (Å²) < 4.78 is 0. The van der Waals surface area contributed by atoms with Gasteiger partial charge in [-0.25, -0.2) is 0 Å². The first-order valence-corrected chi connectivity index (χ1v) is 6.92. The lowest BCUT2D eigenvalue weighted by molar-refractivity contribution is -0.384. The maximum Gasteiger partial charge on any atom is 0.298 e. The van der Waals surface area contributed by atoms with Gasteiger partial charge < -0.3 is 16.6 Å². The Bertz CT molecular complexity index is 980. The average molecular weight is 323 g/mol. The summed E-state index contributed by atoms with van der Waals surface area (Å²) in [6.45, 7) is 0. The molecule has 0 heterocycles. The van der Waals surface area contributed by atoms with E-state index in [2.05, 4.69) is 10.2 Å². The number of benzene rings is 3. The molecule has 0 aliphatic heterocycles. The van der Waals surface area contributed by atoms with E-state index >= 15 is 0 Å². The van der Waals surface area contributed by atoms with Crippen LogP contribution in [0.15, 0.2) is 58.8 Å². The molecule has 8 heteroatoms. The minimum atomic E-state index is -0.592. The van der Waals surface area contributed by atoms with Crippen molar-refractivity contribution in [3.63, 3.8) is 0 Å². The Kier molecular flexibility index (Phi) is 3.70. The van der Waals surface area contributed by atoms with Crippen LogP contribution in [-0.2, 0) is 0 Å². The van der Waals surface area contributed by atoms with Gasteiger partial charge in [-0.05, 0) is 35.7 Å². The number of nitrogens with two attached hydrogens (primary N) is 2. The molecule has 0 aliphatic rings. The van der Waals surface area contributed by atoms with Crippen molar-refractivity contribution < 1.29 is 10.0 Å². The highest BCUT2D eigenvalue weighted by Gasteiger charge is 2.14. The van der Waals surface area contributed by atoms with Gasteiger partial charge in [0, 0.05) is 22.8 Å². The molecule has 0 saturated heterocycles. The predicted molar refractivity (Wildman–Crippen MR) is 91.7 cm³/mol. The van der Waals surface area contributed by atoms with Gasteiger partial charge in [-0.1, -0.05) is 12.1 Å². The fourth-order valence-electron chi connectivity index (χ4n) is 2.29. The zero-order valence-electron chi connectivity index (χ0n) is 12.4. The van der Waals surface area contributed by atoms with Crippen LogP contribution in [0.5, 0.6) is 5.75 Å². The van der Waals surface area contributed by atoms with Gasteiger partial charge in [0.25, 0.3) is 5.69 Å². The normalized spacial score (nSPS) is 11.2. The Morgan fingerprint density at radius 3 is 2.38 bits per heavy atom. The van der Waals surface area contributed by atoms with E-state index in [-0.39, 0.29) is 28.5 Å². The first-order valence-electron chi connectivity index (χ1n) is 6.92. The Hall–Kier alpha value is -3.68. The van der Waals surface area contributed by atoms with E-state index in [9.17, 15) is 15.2 Å². The van der Waals surface area contributed by atoms with Crippen molar-refractivity contribution in [3.05, 3.63) is 58.6 Å². The molecule has 0 saturated carbocycles. The monoisotopic (exact) mass is 323 g/mol. The van der Waals surface area contributed by atoms with Gasteiger partial charge in [-0.15, -0.1) is 10.2 Å². The van der Waals surface area contributed by atoms with Crippen molar-refractivity contribution >= 4 is 39.2 Å². The molecule has 0 aromatic heterocycles. The van der Waals surface area contributed by atoms with Crippen LogP contribution in [0.3, 0.4) is 0 Å². The number of anilines is 2. The zero-order valence-corrected chi connectivity index (χ0v) is 12.4. The number of nitrogens with zero attached hydrogens (tertiary/aromatic N) is 3. The van der Waals surface area contributed by atoms with Crippen LogP contribution >= 0.6 is 0 Å². The summed E-state index contributed by atoms with van der Waals surface area (Å²) in [6, 6.07) is 12.4. The first kappa shape index (κ1) is 15.2.